The van der Waals surface area contributed by atoms with Crippen molar-refractivity contribution in [2.45, 2.75) is 40.2 Å². The van der Waals surface area contributed by atoms with E-state index in [-0.39, 0.29) is 0 Å². The number of hydrogen-bond acceptors (Lipinski definition) is 30. The number of thioether (sulfide) groups is 8. The highest BCUT2D eigenvalue weighted by Crippen LogP contribution is 2.41. The van der Waals surface area contributed by atoms with Crippen LogP contribution in [0.4, 0.5) is 0 Å². The SMILES string of the molecule is CN(C)CCSc1nc2c(nc1SCCN(C)C)-c1nc-2nc2[nH]c(nc3nc(nc4[nH]c(n1)c1nc(SCCN(C)C)c(SCCN(C)C)nc41)-c1nc(SCCN(C)C)c(SCCN(C)C)nc1-3)c1nc(SCCN(C)C)c(SCCN(C)C)nc21. The Hall–Kier alpha value is -3.84. The van der Waals surface area contributed by atoms with Crippen LogP contribution in [0.15, 0.2) is 40.2 Å². The summed E-state index contributed by atoms with van der Waals surface area (Å²) in [7, 11) is 33.3. The van der Waals surface area contributed by atoms with E-state index >= 15 is 0 Å². The van der Waals surface area contributed by atoms with Gasteiger partial charge in [0.25, 0.3) is 0 Å². The molecule has 0 amide bonds. The minimum absolute atomic E-state index is 0.311. The molecule has 0 spiro atoms. The maximum atomic E-state index is 5.46. The number of hydrogen-bond donors (Lipinski definition) is 2. The molecule has 9 rings (SSSR count). The summed E-state index contributed by atoms with van der Waals surface area (Å²) in [6.45, 7) is 6.79. The van der Waals surface area contributed by atoms with E-state index < -0.39 is 0 Å². The van der Waals surface area contributed by atoms with Crippen molar-refractivity contribution in [3.8, 4) is 46.1 Å². The number of nitrogens with one attached hydrogen (secondary N) is 2. The second-order valence-corrected chi connectivity index (χ2v) is 31.6. The molecule has 0 radical (unpaired) electrons. The first-order chi connectivity index (χ1) is 42.2. The van der Waals surface area contributed by atoms with Crippen molar-refractivity contribution < 1.29 is 0 Å². The van der Waals surface area contributed by atoms with Gasteiger partial charge in [0.2, 0.25) is 0 Å². The van der Waals surface area contributed by atoms with Crippen LogP contribution in [0, 0.1) is 0 Å². The van der Waals surface area contributed by atoms with Crippen molar-refractivity contribution in [2.24, 2.45) is 0 Å². The maximum absolute atomic E-state index is 5.46. The molecule has 0 aromatic carbocycles. The highest BCUT2D eigenvalue weighted by molar-refractivity contribution is 8.03. The van der Waals surface area contributed by atoms with Crippen LogP contribution in [0.25, 0.3) is 90.7 Å². The zero-order valence-electron chi connectivity index (χ0n) is 53.4. The highest BCUT2D eigenvalue weighted by atomic mass is 32.2. The molecule has 2 aliphatic rings. The first kappa shape index (κ1) is 68.5. The van der Waals surface area contributed by atoms with E-state index in [1.54, 1.807) is 94.1 Å². The van der Waals surface area contributed by atoms with Gasteiger partial charge in [0.1, 0.15) is 85.1 Å². The van der Waals surface area contributed by atoms with Gasteiger partial charge in [-0.15, -0.1) is 94.1 Å². The van der Waals surface area contributed by atoms with Gasteiger partial charge in [-0.05, 0) is 113 Å². The van der Waals surface area contributed by atoms with Crippen molar-refractivity contribution in [2.75, 3.05) is 211 Å². The quantitative estimate of drug-likeness (QED) is 0.0395. The molecule has 32 heteroatoms. The van der Waals surface area contributed by atoms with E-state index in [4.69, 9.17) is 69.8 Å². The minimum Gasteiger partial charge on any atom is -0.321 e. The molecule has 0 aliphatic carbocycles. The summed E-state index contributed by atoms with van der Waals surface area (Å²) in [6, 6.07) is 0. The normalized spacial score (nSPS) is 12.6. The van der Waals surface area contributed by atoms with Gasteiger partial charge in [0.05, 0.1) is 0 Å². The molecule has 24 nitrogen and oxygen atoms in total. The predicted octanol–water partition coefficient (Wildman–Crippen LogP) is 7.26. The second kappa shape index (κ2) is 32.1. The number of aromatic amines is 2. The summed E-state index contributed by atoms with van der Waals surface area (Å²) in [5.41, 5.74) is 5.64. The molecule has 0 fully saturated rings. The largest absolute Gasteiger partial charge is 0.321 e. The predicted molar refractivity (Wildman–Crippen MR) is 373 cm³/mol. The van der Waals surface area contributed by atoms with Crippen LogP contribution >= 0.6 is 94.1 Å². The summed E-state index contributed by atoms with van der Waals surface area (Å²) < 4.78 is 0. The molecule has 0 saturated heterocycles. The number of fused-ring (bicyclic) bond motifs is 20. The van der Waals surface area contributed by atoms with Gasteiger partial charge >= 0.3 is 0 Å². The van der Waals surface area contributed by atoms with Gasteiger partial charge < -0.3 is 49.2 Å². The maximum Gasteiger partial charge on any atom is 0.184 e. The third-order valence-corrected chi connectivity index (χ3v) is 21.1. The number of nitrogens with zero attached hydrogens (tertiary/aromatic N) is 22. The molecule has 474 valence electrons. The monoisotopic (exact) mass is 1350 g/mol. The van der Waals surface area contributed by atoms with Crippen molar-refractivity contribution >= 4 is 139 Å². The van der Waals surface area contributed by atoms with Gasteiger partial charge in [-0.1, -0.05) is 0 Å². The zero-order valence-corrected chi connectivity index (χ0v) is 60.0. The molecule has 0 atom stereocenters. The fraction of sp³-hybridized carbons (Fsp3) is 0.571. The van der Waals surface area contributed by atoms with Crippen LogP contribution in [-0.4, -0.2) is 330 Å². The summed E-state index contributed by atoms with van der Waals surface area (Å²) in [5.74, 6) is 7.62. The standard InChI is InChI=1S/C56H82N24S8/c1-73(2)17-25-81-49-50(82-26-18-74(3)4)58-34-33(57-49)41-65-42(34)70-44-37-38(62-54(86-30-22-78(11)12)53(61-37)85-29-21-77(9)10)46(67-44)72-48-40-39(63-55(87-31-23-79(13)14)56(64-40)88-32-24-80(15)16)47(68-48)71-45-36-35(43(66-45)69-41)59-51(83-27-19-75(5)6)52(60-36)84-28-20-76(7)8/h17-32H2,1-16H3,(H2,65,66,67,68,69,70,71,72). The molecule has 7 aromatic heterocycles. The Bertz CT molecular complexity index is 3240. The Balaban J connectivity index is 1.41. The molecule has 8 bridgehead atoms. The Morgan fingerprint density at radius 2 is 0.375 bits per heavy atom. The molecule has 0 saturated carbocycles. The van der Waals surface area contributed by atoms with Crippen LogP contribution in [0.5, 0.6) is 0 Å². The molecule has 9 heterocycles. The average molecular weight is 1350 g/mol. The van der Waals surface area contributed by atoms with E-state index in [0.717, 1.165) is 139 Å². The topological polar surface area (TPSA) is 238 Å². The van der Waals surface area contributed by atoms with E-state index in [9.17, 15) is 0 Å². The fourth-order valence-corrected chi connectivity index (χ4v) is 17.4. The minimum atomic E-state index is 0.311. The first-order valence-corrected chi connectivity index (χ1v) is 36.8. The van der Waals surface area contributed by atoms with Crippen LogP contribution in [0.1, 0.15) is 0 Å². The summed E-state index contributed by atoms with van der Waals surface area (Å²) in [4.78, 5) is 101. The molecule has 0 unspecified atom stereocenters. The Morgan fingerprint density at radius 3 is 0.534 bits per heavy atom. The van der Waals surface area contributed by atoms with Crippen molar-refractivity contribution in [3.63, 3.8) is 0 Å². The van der Waals surface area contributed by atoms with Crippen LogP contribution < -0.4 is 0 Å². The lowest BCUT2D eigenvalue weighted by Gasteiger charge is -2.13. The Morgan fingerprint density at radius 1 is 0.216 bits per heavy atom. The van der Waals surface area contributed by atoms with Gasteiger partial charge in [-0.25, -0.2) is 69.8 Å². The summed E-state index contributed by atoms with van der Waals surface area (Å²) in [5, 5.41) is 6.40. The van der Waals surface area contributed by atoms with E-state index in [0.29, 0.717) is 90.7 Å². The molecule has 7 aromatic rings. The molecular formula is C56H82N24S8. The molecule has 2 N–H and O–H groups in total. The number of H-pyrrole nitrogens is 2. The van der Waals surface area contributed by atoms with E-state index in [1.165, 1.54) is 0 Å². The van der Waals surface area contributed by atoms with Gasteiger partial charge in [0.15, 0.2) is 45.9 Å². The molecule has 2 aliphatic heterocycles. The van der Waals surface area contributed by atoms with Gasteiger partial charge in [0, 0.05) is 98.4 Å². The van der Waals surface area contributed by atoms with Crippen molar-refractivity contribution in [3.05, 3.63) is 0 Å². The lowest BCUT2D eigenvalue weighted by atomic mass is 10.3. The third kappa shape index (κ3) is 18.3. The average Bonchev–Trinajstić information content (AvgIpc) is 3.70. The van der Waals surface area contributed by atoms with E-state index in [1.807, 2.05) is 0 Å². The van der Waals surface area contributed by atoms with Crippen LogP contribution in [0.3, 0.4) is 0 Å². The zero-order chi connectivity index (χ0) is 62.8. The number of rotatable bonds is 32. The van der Waals surface area contributed by atoms with Crippen LogP contribution in [0.2, 0.25) is 0 Å². The van der Waals surface area contributed by atoms with Crippen molar-refractivity contribution in [1.29, 1.82) is 0 Å². The van der Waals surface area contributed by atoms with E-state index in [2.05, 4.69) is 162 Å². The Kier molecular flexibility index (Phi) is 25.0. The van der Waals surface area contributed by atoms with Gasteiger partial charge in [-0.2, -0.15) is 0 Å². The molecule has 88 heavy (non-hydrogen) atoms. The lowest BCUT2D eigenvalue weighted by molar-refractivity contribution is 0.437. The third-order valence-electron chi connectivity index (χ3n) is 13.1. The lowest BCUT2D eigenvalue weighted by Crippen LogP contribution is -2.15. The second-order valence-electron chi connectivity index (χ2n) is 22.9. The van der Waals surface area contributed by atoms with Gasteiger partial charge in [-0.3, -0.25) is 0 Å². The fourth-order valence-electron chi connectivity index (χ4n) is 8.19. The first-order valence-electron chi connectivity index (χ1n) is 28.9. The smallest absolute Gasteiger partial charge is 0.184 e. The number of aromatic nitrogens is 16. The molecular weight excluding hydrogens is 1270 g/mol. The summed E-state index contributed by atoms with van der Waals surface area (Å²) >= 11 is 13.4. The summed E-state index contributed by atoms with van der Waals surface area (Å²) in [6.07, 6.45) is 0. The van der Waals surface area contributed by atoms with Crippen molar-refractivity contribution in [1.82, 2.24) is 119 Å². The Labute approximate surface area is 551 Å². The van der Waals surface area contributed by atoms with Crippen LogP contribution in [-0.2, 0) is 0 Å². The highest BCUT2D eigenvalue weighted by Gasteiger charge is 2.31.